The number of hydrogen-bond acceptors (Lipinski definition) is 9. The molecule has 1 saturated carbocycles. The second kappa shape index (κ2) is 13.0. The quantitative estimate of drug-likeness (QED) is 0.217. The Kier molecular flexibility index (Phi) is 9.76. The van der Waals surface area contributed by atoms with Crippen molar-refractivity contribution in [3.63, 3.8) is 0 Å². The van der Waals surface area contributed by atoms with Crippen LogP contribution in [-0.4, -0.2) is 38.1 Å². The Balaban J connectivity index is 0.000000303. The van der Waals surface area contributed by atoms with Crippen molar-refractivity contribution >= 4 is 23.3 Å². The van der Waals surface area contributed by atoms with Gasteiger partial charge in [-0.15, -0.1) is 23.0 Å². The van der Waals surface area contributed by atoms with E-state index in [1.807, 2.05) is 0 Å². The summed E-state index contributed by atoms with van der Waals surface area (Å²) in [4.78, 5) is 31.2. The van der Waals surface area contributed by atoms with Gasteiger partial charge in [0.1, 0.15) is 17.3 Å². The van der Waals surface area contributed by atoms with Crippen LogP contribution in [0.15, 0.2) is 47.7 Å². The van der Waals surface area contributed by atoms with Gasteiger partial charge in [0.05, 0.1) is 19.6 Å². The van der Waals surface area contributed by atoms with Gasteiger partial charge in [-0.2, -0.15) is 0 Å². The molecule has 0 aliphatic heterocycles. The summed E-state index contributed by atoms with van der Waals surface area (Å²) in [6.07, 6.45) is 5.18. The van der Waals surface area contributed by atoms with E-state index in [0.29, 0.717) is 5.92 Å². The van der Waals surface area contributed by atoms with E-state index in [1.54, 1.807) is 6.29 Å². The Hall–Kier alpha value is -4.01. The zero-order chi connectivity index (χ0) is 26.4. The van der Waals surface area contributed by atoms with Gasteiger partial charge in [-0.1, -0.05) is 17.8 Å². The average Bonchev–Trinajstić information content (AvgIpc) is 3.59. The van der Waals surface area contributed by atoms with E-state index >= 15 is 0 Å². The first-order valence-corrected chi connectivity index (χ1v) is 11.6. The number of alkyl halides is 2. The van der Waals surface area contributed by atoms with Gasteiger partial charge in [0.15, 0.2) is 0 Å². The zero-order valence-corrected chi connectivity index (χ0v) is 21.4. The van der Waals surface area contributed by atoms with Crippen LogP contribution in [0.3, 0.4) is 0 Å². The first kappa shape index (κ1) is 28.6. The predicted octanol–water partition coefficient (Wildman–Crippen LogP) is 3.38. The largest absolute Gasteiger partial charge is 2.00 e. The molecule has 0 saturated heterocycles. The number of ether oxygens (including phenoxy) is 1. The van der Waals surface area contributed by atoms with Crippen molar-refractivity contribution in [3.8, 4) is 34.5 Å². The first-order valence-electron chi connectivity index (χ1n) is 10.8. The fraction of sp³-hybridized carbons (Fsp3) is 0.200. The van der Waals surface area contributed by atoms with Crippen LogP contribution >= 0.6 is 11.3 Å². The van der Waals surface area contributed by atoms with Gasteiger partial charge in [-0.05, 0) is 30.5 Å². The number of carbonyl (C=O) groups excluding carboxylic acids is 1. The van der Waals surface area contributed by atoms with Gasteiger partial charge < -0.3 is 31.6 Å². The molecule has 4 aromatic rings. The molecule has 0 spiro atoms. The van der Waals surface area contributed by atoms with Crippen molar-refractivity contribution < 1.29 is 34.8 Å². The number of aromatic nitrogens is 5. The molecule has 0 amide bonds. The molecule has 196 valence electrons. The number of nitrogens with two attached hydrogens (primary N) is 1. The Morgan fingerprint density at radius 1 is 1.24 bits per heavy atom. The van der Waals surface area contributed by atoms with Crippen LogP contribution in [0.2, 0.25) is 0 Å². The van der Waals surface area contributed by atoms with Crippen LogP contribution in [0.4, 0.5) is 14.5 Å². The van der Waals surface area contributed by atoms with Crippen LogP contribution in [0.5, 0.6) is 5.75 Å². The summed E-state index contributed by atoms with van der Waals surface area (Å²) in [6, 6.07) is 5.24. The van der Waals surface area contributed by atoms with Crippen molar-refractivity contribution in [2.75, 3.05) is 12.8 Å². The standard InChI is InChI=1S/C18H13F2N4O3.C7H5N2S.Ni/c1-27-15-8-22-14(18(19)20)5-13(15)12-6-16(23-7-10(12)9-25)24-3-2-11(21)4-17(24)26;1-2-6(1)3-4-7-9-8-5-10-7;/h2-8,18H,21H2,1H3;6H,1-2H2;/q2*-1;+2. The summed E-state index contributed by atoms with van der Waals surface area (Å²) < 4.78 is 32.5. The minimum atomic E-state index is -2.81. The van der Waals surface area contributed by atoms with Crippen molar-refractivity contribution in [1.29, 1.82) is 0 Å². The summed E-state index contributed by atoms with van der Waals surface area (Å²) in [6.45, 7) is 0. The number of hydrogen-bond donors (Lipinski definition) is 1. The van der Waals surface area contributed by atoms with Crippen LogP contribution in [0.25, 0.3) is 16.9 Å². The minimum Gasteiger partial charge on any atom is -0.496 e. The van der Waals surface area contributed by atoms with Crippen molar-refractivity contribution in [1.82, 2.24) is 24.7 Å². The first-order chi connectivity index (χ1) is 17.9. The SMILES string of the molecule is C(#CC1CC1)c1nn[c-]s1.COc1cnc(C(F)F)cc1-c1cc(-n2ccc(N)cc2=O)ncc1[C-]=O.[Ni+2]. The number of rotatable bonds is 5. The maximum Gasteiger partial charge on any atom is 2.00 e. The zero-order valence-electron chi connectivity index (χ0n) is 19.6. The Bertz CT molecular complexity index is 1530. The second-order valence-electron chi connectivity index (χ2n) is 7.71. The van der Waals surface area contributed by atoms with E-state index < -0.39 is 17.7 Å². The molecule has 0 bridgehead atoms. The Labute approximate surface area is 230 Å². The van der Waals surface area contributed by atoms with Crippen molar-refractivity contribution in [2.45, 2.75) is 19.3 Å². The molecule has 9 nitrogen and oxygen atoms in total. The smallest absolute Gasteiger partial charge is 0.496 e. The summed E-state index contributed by atoms with van der Waals surface area (Å²) in [5.74, 6) is 7.04. The number of methoxy groups -OCH3 is 1. The maximum absolute atomic E-state index is 13.1. The summed E-state index contributed by atoms with van der Waals surface area (Å²) in [7, 11) is 1.35. The predicted molar refractivity (Wildman–Crippen MR) is 132 cm³/mol. The van der Waals surface area contributed by atoms with E-state index in [2.05, 4.69) is 37.5 Å². The van der Waals surface area contributed by atoms with Gasteiger partial charge in [-0.25, -0.2) is 13.9 Å². The Morgan fingerprint density at radius 3 is 2.63 bits per heavy atom. The van der Waals surface area contributed by atoms with Gasteiger partial charge in [0, 0.05) is 28.9 Å². The van der Waals surface area contributed by atoms with Crippen LogP contribution in [-0.2, 0) is 21.3 Å². The Morgan fingerprint density at radius 2 is 2.03 bits per heavy atom. The van der Waals surface area contributed by atoms with E-state index in [1.165, 1.54) is 66.4 Å². The number of nitrogens with zero attached hydrogens (tertiary/aromatic N) is 5. The molecule has 0 unspecified atom stereocenters. The van der Waals surface area contributed by atoms with Gasteiger partial charge in [0.2, 0.25) is 0 Å². The van der Waals surface area contributed by atoms with E-state index in [-0.39, 0.29) is 50.4 Å². The molecule has 0 atom stereocenters. The number of nitrogen functional groups attached to an aromatic ring is 1. The molecule has 13 heteroatoms. The molecule has 4 aromatic heterocycles. The molecular weight excluding hydrogens is 561 g/mol. The molecule has 38 heavy (non-hydrogen) atoms. The molecule has 4 heterocycles. The molecule has 0 aromatic carbocycles. The molecule has 2 N–H and O–H groups in total. The van der Waals surface area contributed by atoms with Gasteiger partial charge >= 0.3 is 16.5 Å². The third-order valence-corrected chi connectivity index (χ3v) is 5.65. The summed E-state index contributed by atoms with van der Waals surface area (Å²) in [5, 5.41) is 8.10. The molecule has 0 radical (unpaired) electrons. The summed E-state index contributed by atoms with van der Waals surface area (Å²) in [5.41, 5.74) is 8.04. The number of anilines is 1. The molecule has 1 fully saturated rings. The summed E-state index contributed by atoms with van der Waals surface area (Å²) >= 11 is 1.37. The van der Waals surface area contributed by atoms with Crippen LogP contribution in [0.1, 0.15) is 35.5 Å². The minimum absolute atomic E-state index is 0. The van der Waals surface area contributed by atoms with E-state index in [0.717, 1.165) is 17.3 Å². The third-order valence-electron chi connectivity index (χ3n) is 5.10. The maximum atomic E-state index is 13.1. The second-order valence-corrected chi connectivity index (χ2v) is 8.48. The molecule has 1 aliphatic rings. The topological polar surface area (TPSA) is 126 Å². The molecule has 5 rings (SSSR count). The van der Waals surface area contributed by atoms with Crippen molar-refractivity contribution in [3.05, 3.63) is 75.0 Å². The molecule has 1 aliphatic carbocycles. The number of halogens is 2. The normalized spacial score (nSPS) is 11.9. The average molecular weight is 579 g/mol. The monoisotopic (exact) mass is 578 g/mol. The third kappa shape index (κ3) is 7.06. The van der Waals surface area contributed by atoms with Crippen LogP contribution < -0.4 is 16.0 Å². The number of pyridine rings is 3. The van der Waals surface area contributed by atoms with E-state index in [4.69, 9.17) is 10.5 Å². The van der Waals surface area contributed by atoms with Crippen molar-refractivity contribution in [2.24, 2.45) is 5.92 Å². The van der Waals surface area contributed by atoms with Gasteiger partial charge in [-0.3, -0.25) is 19.4 Å². The fourth-order valence-electron chi connectivity index (χ4n) is 3.11. The fourth-order valence-corrected chi connectivity index (χ4v) is 3.47. The molecular formula is C25H18F2N6NiO3S. The van der Waals surface area contributed by atoms with Gasteiger partial charge in [0.25, 0.3) is 12.0 Å². The van der Waals surface area contributed by atoms with Crippen LogP contribution in [0, 0.1) is 23.3 Å². The van der Waals surface area contributed by atoms with E-state index in [9.17, 15) is 18.4 Å².